The third-order valence-corrected chi connectivity index (χ3v) is 5.92. The Morgan fingerprint density at radius 2 is 1.91 bits per heavy atom. The summed E-state index contributed by atoms with van der Waals surface area (Å²) in [6.45, 7) is 7.92. The normalized spacial score (nSPS) is 15.0. The number of hydrogen-bond donors (Lipinski definition) is 0. The van der Waals surface area contributed by atoms with Gasteiger partial charge in [0.05, 0.1) is 17.0 Å². The van der Waals surface area contributed by atoms with Crippen molar-refractivity contribution in [2.75, 3.05) is 11.5 Å². The van der Waals surface area contributed by atoms with Crippen molar-refractivity contribution < 1.29 is 13.9 Å². The second kappa shape index (κ2) is 8.06. The minimum absolute atomic E-state index is 0.0452. The molecule has 0 radical (unpaired) electrons. The molecule has 6 heteroatoms. The Morgan fingerprint density at radius 3 is 2.67 bits per heavy atom. The van der Waals surface area contributed by atoms with Gasteiger partial charge < -0.3 is 9.15 Å². The molecule has 0 saturated heterocycles. The van der Waals surface area contributed by atoms with Gasteiger partial charge in [-0.05, 0) is 66.9 Å². The molecule has 1 aliphatic heterocycles. The minimum atomic E-state index is -0.697. The Labute approximate surface area is 190 Å². The van der Waals surface area contributed by atoms with E-state index < -0.39 is 11.9 Å². The SMILES string of the molecule is C=CCOc1cccc(C2c3c(oc4cc(C)c(C)cc4c3=O)C(=O)N2c2ccccn2)c1. The molecule has 6 nitrogen and oxygen atoms in total. The van der Waals surface area contributed by atoms with Crippen LogP contribution in [0.25, 0.3) is 11.0 Å². The third-order valence-electron chi connectivity index (χ3n) is 5.92. The van der Waals surface area contributed by atoms with Crippen LogP contribution in [0.2, 0.25) is 0 Å². The maximum Gasteiger partial charge on any atom is 0.296 e. The summed E-state index contributed by atoms with van der Waals surface area (Å²) in [5, 5.41) is 0.455. The molecule has 5 rings (SSSR count). The van der Waals surface area contributed by atoms with Gasteiger partial charge in [0, 0.05) is 6.20 Å². The van der Waals surface area contributed by atoms with E-state index >= 15 is 0 Å². The van der Waals surface area contributed by atoms with Crippen LogP contribution in [-0.4, -0.2) is 17.5 Å². The molecule has 0 spiro atoms. The number of carbonyl (C=O) groups excluding carboxylic acids is 1. The zero-order valence-electron chi connectivity index (χ0n) is 18.4. The molecule has 0 bridgehead atoms. The molecule has 2 aromatic heterocycles. The highest BCUT2D eigenvalue weighted by Crippen LogP contribution is 2.41. The standard InChI is InChI=1S/C27H22N2O4/c1-4-12-32-19-9-7-8-18(15-19)24-23-25(30)20-13-16(2)17(3)14-21(20)33-26(23)27(31)29(24)22-10-5-6-11-28-22/h4-11,13-15,24H,1,12H2,2-3H3. The first-order valence-electron chi connectivity index (χ1n) is 10.7. The van der Waals surface area contributed by atoms with Gasteiger partial charge in [0.2, 0.25) is 5.76 Å². The Hall–Kier alpha value is -4.19. The zero-order valence-corrected chi connectivity index (χ0v) is 18.4. The van der Waals surface area contributed by atoms with Crippen molar-refractivity contribution in [2.24, 2.45) is 0 Å². The largest absolute Gasteiger partial charge is 0.490 e. The van der Waals surface area contributed by atoms with Crippen LogP contribution in [0.15, 0.2) is 82.7 Å². The first-order chi connectivity index (χ1) is 16.0. The molecule has 0 aliphatic carbocycles. The number of rotatable bonds is 5. The Bertz CT molecular complexity index is 1460. The molecule has 0 saturated carbocycles. The van der Waals surface area contributed by atoms with Gasteiger partial charge in [0.25, 0.3) is 5.91 Å². The predicted molar refractivity (Wildman–Crippen MR) is 127 cm³/mol. The van der Waals surface area contributed by atoms with E-state index in [1.165, 1.54) is 4.90 Å². The van der Waals surface area contributed by atoms with Crippen LogP contribution in [0.4, 0.5) is 5.82 Å². The fourth-order valence-corrected chi connectivity index (χ4v) is 4.21. The lowest BCUT2D eigenvalue weighted by Crippen LogP contribution is -2.30. The molecule has 1 aliphatic rings. The molecule has 33 heavy (non-hydrogen) atoms. The van der Waals surface area contributed by atoms with Gasteiger partial charge in [-0.2, -0.15) is 0 Å². The number of hydrogen-bond acceptors (Lipinski definition) is 5. The molecule has 0 fully saturated rings. The van der Waals surface area contributed by atoms with E-state index in [1.807, 2.05) is 50.2 Å². The second-order valence-electron chi connectivity index (χ2n) is 8.04. The van der Waals surface area contributed by atoms with E-state index in [1.54, 1.807) is 30.5 Å². The molecular formula is C27H22N2O4. The predicted octanol–water partition coefficient (Wildman–Crippen LogP) is 5.12. The van der Waals surface area contributed by atoms with Crippen molar-refractivity contribution in [1.82, 2.24) is 4.98 Å². The summed E-state index contributed by atoms with van der Waals surface area (Å²) in [4.78, 5) is 33.2. The highest BCUT2D eigenvalue weighted by Gasteiger charge is 2.44. The number of carbonyl (C=O) groups is 1. The summed E-state index contributed by atoms with van der Waals surface area (Å²) >= 11 is 0. The summed E-state index contributed by atoms with van der Waals surface area (Å²) in [6, 6.07) is 15.6. The molecule has 164 valence electrons. The van der Waals surface area contributed by atoms with Crippen LogP contribution in [0.1, 0.15) is 38.9 Å². The monoisotopic (exact) mass is 438 g/mol. The average Bonchev–Trinajstić information content (AvgIpc) is 3.12. The van der Waals surface area contributed by atoms with Crippen LogP contribution in [-0.2, 0) is 0 Å². The van der Waals surface area contributed by atoms with E-state index in [-0.39, 0.29) is 11.2 Å². The van der Waals surface area contributed by atoms with Crippen molar-refractivity contribution in [3.63, 3.8) is 0 Å². The quantitative estimate of drug-likeness (QED) is 0.405. The van der Waals surface area contributed by atoms with Gasteiger partial charge >= 0.3 is 0 Å². The van der Waals surface area contributed by atoms with E-state index in [4.69, 9.17) is 9.15 Å². The number of amides is 1. The van der Waals surface area contributed by atoms with Crippen molar-refractivity contribution in [2.45, 2.75) is 19.9 Å². The topological polar surface area (TPSA) is 72.6 Å². The van der Waals surface area contributed by atoms with Crippen LogP contribution in [0, 0.1) is 13.8 Å². The van der Waals surface area contributed by atoms with Crippen molar-refractivity contribution in [1.29, 1.82) is 0 Å². The van der Waals surface area contributed by atoms with Gasteiger partial charge in [-0.25, -0.2) is 4.98 Å². The van der Waals surface area contributed by atoms with Crippen LogP contribution < -0.4 is 15.1 Å². The number of nitrogens with zero attached hydrogens (tertiary/aromatic N) is 2. The van der Waals surface area contributed by atoms with Gasteiger partial charge in [0.15, 0.2) is 5.43 Å². The molecule has 1 atom stereocenters. The second-order valence-corrected chi connectivity index (χ2v) is 8.04. The molecule has 0 N–H and O–H groups in total. The summed E-state index contributed by atoms with van der Waals surface area (Å²) in [6.07, 6.45) is 3.27. The lowest BCUT2D eigenvalue weighted by molar-refractivity contribution is 0.0970. The van der Waals surface area contributed by atoms with Crippen LogP contribution in [0.3, 0.4) is 0 Å². The van der Waals surface area contributed by atoms with E-state index in [9.17, 15) is 9.59 Å². The first-order valence-corrected chi connectivity index (χ1v) is 10.7. The number of fused-ring (bicyclic) bond motifs is 2. The lowest BCUT2D eigenvalue weighted by Gasteiger charge is -2.24. The molecule has 1 amide bonds. The van der Waals surface area contributed by atoms with Crippen LogP contribution in [0.5, 0.6) is 5.75 Å². The highest BCUT2D eigenvalue weighted by molar-refractivity contribution is 6.10. The summed E-state index contributed by atoms with van der Waals surface area (Å²) in [5.41, 5.74) is 3.19. The van der Waals surface area contributed by atoms with Crippen molar-refractivity contribution in [3.05, 3.63) is 112 Å². The first kappa shape index (κ1) is 20.7. The van der Waals surface area contributed by atoms with Crippen molar-refractivity contribution >= 4 is 22.7 Å². The number of pyridine rings is 1. The fraction of sp³-hybridized carbons (Fsp3) is 0.148. The van der Waals surface area contributed by atoms with E-state index in [0.717, 1.165) is 16.7 Å². The summed E-state index contributed by atoms with van der Waals surface area (Å²) in [5.74, 6) is 0.699. The van der Waals surface area contributed by atoms with Gasteiger partial charge in [-0.3, -0.25) is 14.5 Å². The maximum absolute atomic E-state index is 13.7. The summed E-state index contributed by atoms with van der Waals surface area (Å²) < 4.78 is 11.8. The van der Waals surface area contributed by atoms with E-state index in [0.29, 0.717) is 34.7 Å². The van der Waals surface area contributed by atoms with Gasteiger partial charge in [-0.1, -0.05) is 30.9 Å². The average molecular weight is 438 g/mol. The van der Waals surface area contributed by atoms with Crippen LogP contribution >= 0.6 is 0 Å². The molecule has 2 aromatic carbocycles. The molecular weight excluding hydrogens is 416 g/mol. The number of aromatic nitrogens is 1. The van der Waals surface area contributed by atoms with E-state index in [2.05, 4.69) is 11.6 Å². The fourth-order valence-electron chi connectivity index (χ4n) is 4.21. The molecule has 3 heterocycles. The van der Waals surface area contributed by atoms with Crippen molar-refractivity contribution in [3.8, 4) is 5.75 Å². The number of benzene rings is 2. The third kappa shape index (κ3) is 3.40. The zero-order chi connectivity index (χ0) is 23.1. The lowest BCUT2D eigenvalue weighted by atomic mass is 9.97. The highest BCUT2D eigenvalue weighted by atomic mass is 16.5. The van der Waals surface area contributed by atoms with Gasteiger partial charge in [-0.15, -0.1) is 0 Å². The Balaban J connectivity index is 1.78. The Morgan fingerprint density at radius 1 is 1.09 bits per heavy atom. The Kier molecular flexibility index (Phi) is 5.05. The van der Waals surface area contributed by atoms with Gasteiger partial charge in [0.1, 0.15) is 23.8 Å². The number of aryl methyl sites for hydroxylation is 2. The minimum Gasteiger partial charge on any atom is -0.490 e. The molecule has 4 aromatic rings. The maximum atomic E-state index is 13.7. The number of ether oxygens (including phenoxy) is 1. The smallest absolute Gasteiger partial charge is 0.296 e. The summed E-state index contributed by atoms with van der Waals surface area (Å²) in [7, 11) is 0. The number of anilines is 1. The molecule has 1 unspecified atom stereocenters.